The zero-order valence-corrected chi connectivity index (χ0v) is 19.6. The molecule has 0 aliphatic carbocycles. The second kappa shape index (κ2) is 6.97. The number of benzene rings is 1. The summed E-state index contributed by atoms with van der Waals surface area (Å²) in [6, 6.07) is 5.77. The number of phenols is 1. The van der Waals surface area contributed by atoms with Gasteiger partial charge in [0.1, 0.15) is 5.75 Å². The summed E-state index contributed by atoms with van der Waals surface area (Å²) in [4.78, 5) is 11.7. The van der Waals surface area contributed by atoms with E-state index in [9.17, 15) is 5.11 Å². The number of hydrogen-bond donors (Lipinski definition) is 2. The first kappa shape index (κ1) is 20.1. The number of aryl methyl sites for hydroxylation is 2. The number of phenolic OH excluding ortho intramolecular Hbond substituents is 1. The SMILES string of the molecule is Cc1c(O)c(-c2cc(Cl)c3cc(N(C)C4SC45CCNC5)cnc3n2)cc2cn(C)nc12. The highest BCUT2D eigenvalue weighted by Crippen LogP contribution is 2.58. The Morgan fingerprint density at radius 2 is 2.19 bits per heavy atom. The minimum atomic E-state index is 0.164. The summed E-state index contributed by atoms with van der Waals surface area (Å²) in [5.74, 6) is 0.164. The molecule has 2 N–H and O–H groups in total. The first-order valence-corrected chi connectivity index (χ1v) is 11.9. The molecule has 2 aliphatic rings. The van der Waals surface area contributed by atoms with Crippen LogP contribution in [-0.2, 0) is 7.05 Å². The fraction of sp³-hybridized carbons (Fsp3) is 0.348. The van der Waals surface area contributed by atoms with Gasteiger partial charge in [-0.15, -0.1) is 11.8 Å². The third kappa shape index (κ3) is 2.97. The van der Waals surface area contributed by atoms with Gasteiger partial charge in [-0.05, 0) is 38.1 Å². The molecular weight excluding hydrogens is 444 g/mol. The molecule has 164 valence electrons. The fourth-order valence-corrected chi connectivity index (χ4v) is 6.44. The van der Waals surface area contributed by atoms with Crippen molar-refractivity contribution in [3.05, 3.63) is 41.2 Å². The number of nitrogens with one attached hydrogen (secondary N) is 1. The summed E-state index contributed by atoms with van der Waals surface area (Å²) in [5.41, 5.74) is 4.31. The number of anilines is 1. The highest BCUT2D eigenvalue weighted by atomic mass is 35.5. The Morgan fingerprint density at radius 3 is 2.97 bits per heavy atom. The molecule has 0 radical (unpaired) electrons. The maximum absolute atomic E-state index is 10.8. The lowest BCUT2D eigenvalue weighted by atomic mass is 10.0. The van der Waals surface area contributed by atoms with Crippen LogP contribution in [0.3, 0.4) is 0 Å². The first-order chi connectivity index (χ1) is 15.4. The predicted octanol–water partition coefficient (Wildman–Crippen LogP) is 4.09. The van der Waals surface area contributed by atoms with Gasteiger partial charge in [0.15, 0.2) is 5.65 Å². The van der Waals surface area contributed by atoms with Crippen LogP contribution in [0.5, 0.6) is 5.75 Å². The lowest BCUT2D eigenvalue weighted by Crippen LogP contribution is -2.30. The zero-order valence-electron chi connectivity index (χ0n) is 18.1. The molecule has 0 bridgehead atoms. The molecule has 0 amide bonds. The lowest BCUT2D eigenvalue weighted by molar-refractivity contribution is 0.474. The average molecular weight is 467 g/mol. The van der Waals surface area contributed by atoms with Crippen molar-refractivity contribution in [2.24, 2.45) is 7.05 Å². The highest BCUT2D eigenvalue weighted by Gasteiger charge is 2.59. The quantitative estimate of drug-likeness (QED) is 0.440. The van der Waals surface area contributed by atoms with Crippen molar-refractivity contribution in [2.75, 3.05) is 25.0 Å². The number of aromatic hydroxyl groups is 1. The van der Waals surface area contributed by atoms with E-state index in [1.54, 1.807) is 10.7 Å². The van der Waals surface area contributed by atoms with Crippen LogP contribution < -0.4 is 10.2 Å². The van der Waals surface area contributed by atoms with E-state index >= 15 is 0 Å². The molecule has 2 aliphatic heterocycles. The molecule has 6 rings (SSSR count). The van der Waals surface area contributed by atoms with Crippen molar-refractivity contribution >= 4 is 51.0 Å². The van der Waals surface area contributed by atoms with Crippen molar-refractivity contribution < 1.29 is 5.11 Å². The Balaban J connectivity index is 1.40. The van der Waals surface area contributed by atoms with E-state index in [1.165, 1.54) is 6.42 Å². The third-order valence-electron chi connectivity index (χ3n) is 6.65. The van der Waals surface area contributed by atoms with Crippen LogP contribution in [0.4, 0.5) is 5.69 Å². The fourth-order valence-electron chi connectivity index (χ4n) is 4.78. The summed E-state index contributed by atoms with van der Waals surface area (Å²) < 4.78 is 2.07. The van der Waals surface area contributed by atoms with Gasteiger partial charge in [-0.3, -0.25) is 4.68 Å². The Bertz CT molecular complexity index is 1400. The van der Waals surface area contributed by atoms with Crippen LogP contribution in [0.25, 0.3) is 33.2 Å². The van der Waals surface area contributed by atoms with Gasteiger partial charge in [-0.1, -0.05) is 11.6 Å². The van der Waals surface area contributed by atoms with Gasteiger partial charge in [0.05, 0.1) is 38.2 Å². The van der Waals surface area contributed by atoms with Gasteiger partial charge < -0.3 is 15.3 Å². The summed E-state index contributed by atoms with van der Waals surface area (Å²) in [6.45, 7) is 4.01. The number of pyridine rings is 2. The van der Waals surface area contributed by atoms with E-state index in [0.29, 0.717) is 32.0 Å². The molecular formula is C23H23ClN6OS. The minimum absolute atomic E-state index is 0.164. The molecule has 32 heavy (non-hydrogen) atoms. The molecule has 7 nitrogen and oxygen atoms in total. The van der Waals surface area contributed by atoms with E-state index in [0.717, 1.165) is 40.6 Å². The zero-order chi connectivity index (χ0) is 22.2. The molecule has 9 heteroatoms. The topological polar surface area (TPSA) is 79.1 Å². The van der Waals surface area contributed by atoms with Crippen LogP contribution in [0.1, 0.15) is 12.0 Å². The molecule has 3 aromatic heterocycles. The Morgan fingerprint density at radius 1 is 1.34 bits per heavy atom. The molecule has 2 unspecified atom stereocenters. The number of fused-ring (bicyclic) bond motifs is 2. The second-order valence-electron chi connectivity index (χ2n) is 8.77. The molecule has 0 saturated carbocycles. The Kier molecular flexibility index (Phi) is 4.38. The van der Waals surface area contributed by atoms with Gasteiger partial charge in [-0.25, -0.2) is 9.97 Å². The van der Waals surface area contributed by atoms with E-state index in [1.807, 2.05) is 44.2 Å². The van der Waals surface area contributed by atoms with Gasteiger partial charge in [-0.2, -0.15) is 5.10 Å². The first-order valence-electron chi connectivity index (χ1n) is 10.6. The molecule has 2 atom stereocenters. The molecule has 1 aromatic carbocycles. The number of aromatic nitrogens is 4. The van der Waals surface area contributed by atoms with Crippen LogP contribution in [0, 0.1) is 6.92 Å². The number of hydrogen-bond acceptors (Lipinski definition) is 7. The highest BCUT2D eigenvalue weighted by molar-refractivity contribution is 8.08. The van der Waals surface area contributed by atoms with Crippen LogP contribution >= 0.6 is 23.4 Å². The van der Waals surface area contributed by atoms with E-state index < -0.39 is 0 Å². The third-order valence-corrected chi connectivity index (χ3v) is 8.74. The standard InChI is InChI=1S/C23H23ClN6OS/c1-12-19-13(10-29(2)28-19)6-16(20(12)31)18-8-17(24)15-7-14(9-26-21(15)27-18)30(3)22-23(32-22)4-5-25-11-23/h6-10,22,25,31H,4-5,11H2,1-3H3. The minimum Gasteiger partial charge on any atom is -0.507 e. The summed E-state index contributed by atoms with van der Waals surface area (Å²) in [6.07, 6.45) is 4.99. The van der Waals surface area contributed by atoms with Crippen molar-refractivity contribution in [3.63, 3.8) is 0 Å². The molecule has 1 spiro atoms. The van der Waals surface area contributed by atoms with Gasteiger partial charge in [0.25, 0.3) is 0 Å². The smallest absolute Gasteiger partial charge is 0.161 e. The number of halogens is 1. The van der Waals surface area contributed by atoms with E-state index in [4.69, 9.17) is 16.6 Å². The maximum atomic E-state index is 10.8. The van der Waals surface area contributed by atoms with Crippen LogP contribution in [-0.4, -0.2) is 55.1 Å². The van der Waals surface area contributed by atoms with Gasteiger partial charge in [0.2, 0.25) is 0 Å². The molecule has 5 heterocycles. The van der Waals surface area contributed by atoms with E-state index in [-0.39, 0.29) is 5.75 Å². The summed E-state index contributed by atoms with van der Waals surface area (Å²) >= 11 is 8.72. The largest absolute Gasteiger partial charge is 0.507 e. The average Bonchev–Trinajstić information content (AvgIpc) is 3.06. The van der Waals surface area contributed by atoms with E-state index in [2.05, 4.69) is 33.4 Å². The number of thioether (sulfide) groups is 1. The van der Waals surface area contributed by atoms with Crippen LogP contribution in [0.15, 0.2) is 30.6 Å². The molecule has 4 aromatic rings. The van der Waals surface area contributed by atoms with Gasteiger partial charge >= 0.3 is 0 Å². The molecule has 2 saturated heterocycles. The van der Waals surface area contributed by atoms with Crippen molar-refractivity contribution in [1.82, 2.24) is 25.1 Å². The Labute approximate surface area is 194 Å². The monoisotopic (exact) mass is 466 g/mol. The van der Waals surface area contributed by atoms with Crippen molar-refractivity contribution in [2.45, 2.75) is 23.5 Å². The normalized spacial score (nSPS) is 22.3. The molecule has 2 fully saturated rings. The summed E-state index contributed by atoms with van der Waals surface area (Å²) in [5, 5.41) is 21.5. The summed E-state index contributed by atoms with van der Waals surface area (Å²) in [7, 11) is 3.98. The lowest BCUT2D eigenvalue weighted by Gasteiger charge is -2.20. The maximum Gasteiger partial charge on any atom is 0.161 e. The van der Waals surface area contributed by atoms with Gasteiger partial charge in [0, 0.05) is 48.7 Å². The van der Waals surface area contributed by atoms with Crippen LogP contribution in [0.2, 0.25) is 5.02 Å². The number of nitrogens with zero attached hydrogens (tertiary/aromatic N) is 5. The Hall–Kier alpha value is -2.55. The van der Waals surface area contributed by atoms with Crippen molar-refractivity contribution in [1.29, 1.82) is 0 Å². The predicted molar refractivity (Wildman–Crippen MR) is 131 cm³/mol. The second-order valence-corrected chi connectivity index (χ2v) is 10.7. The number of rotatable bonds is 3. The van der Waals surface area contributed by atoms with Crippen molar-refractivity contribution in [3.8, 4) is 17.0 Å².